The lowest BCUT2D eigenvalue weighted by Gasteiger charge is -2.24. The third-order valence-electron chi connectivity index (χ3n) is 4.63. The molecule has 1 amide bonds. The van der Waals surface area contributed by atoms with Crippen LogP contribution in [0.5, 0.6) is 0 Å². The Morgan fingerprint density at radius 1 is 0.971 bits per heavy atom. The smallest absolute Gasteiger partial charge is 0.245 e. The minimum atomic E-state index is -1.35. The number of allylic oxidation sites excluding steroid dienone is 1. The molecule has 3 fully saturated rings. The molecular formula is C22H37Cl4N3O6. The summed E-state index contributed by atoms with van der Waals surface area (Å²) < 4.78 is 0. The molecular weight excluding hydrogens is 544 g/mol. The van der Waals surface area contributed by atoms with E-state index in [2.05, 4.69) is 23.8 Å². The minimum Gasteiger partial charge on any atom is -1.00 e. The molecule has 3 aliphatic heterocycles. The Morgan fingerprint density at radius 3 is 1.63 bits per heavy atom. The van der Waals surface area contributed by atoms with Gasteiger partial charge in [-0.25, -0.2) is 0 Å². The molecule has 0 atom stereocenters. The van der Waals surface area contributed by atoms with E-state index in [9.17, 15) is 19.2 Å². The fourth-order valence-corrected chi connectivity index (χ4v) is 2.75. The summed E-state index contributed by atoms with van der Waals surface area (Å²) in [5, 5.41) is 22.7. The highest BCUT2D eigenvalue weighted by molar-refractivity contribution is 6.66. The van der Waals surface area contributed by atoms with Gasteiger partial charge in [-0.15, -0.1) is 23.2 Å². The Balaban J connectivity index is -0.000000384. The number of nitrogens with one attached hydrogen (secondary N) is 1. The van der Waals surface area contributed by atoms with Crippen LogP contribution in [-0.4, -0.2) is 88.2 Å². The average molecular weight is 581 g/mol. The Labute approximate surface area is 228 Å². The zero-order chi connectivity index (χ0) is 26.4. The molecule has 5 N–H and O–H groups in total. The van der Waals surface area contributed by atoms with Gasteiger partial charge in [0.2, 0.25) is 11.1 Å². The molecule has 3 aliphatic rings. The van der Waals surface area contributed by atoms with Crippen LogP contribution in [0.4, 0.5) is 0 Å². The topological polar surface area (TPSA) is 141 Å². The van der Waals surface area contributed by atoms with Crippen molar-refractivity contribution >= 4 is 57.5 Å². The second-order valence-corrected chi connectivity index (χ2v) is 8.50. The number of carbonyl (C=O) groups excluding carboxylic acids is 4. The van der Waals surface area contributed by atoms with E-state index in [-0.39, 0.29) is 29.4 Å². The van der Waals surface area contributed by atoms with E-state index in [1.807, 2.05) is 0 Å². The predicted octanol–water partition coefficient (Wildman–Crippen LogP) is -2.31. The zero-order valence-corrected chi connectivity index (χ0v) is 22.8. The van der Waals surface area contributed by atoms with Crippen LogP contribution in [0.1, 0.15) is 38.5 Å². The van der Waals surface area contributed by atoms with Gasteiger partial charge < -0.3 is 38.2 Å². The molecule has 3 heterocycles. The summed E-state index contributed by atoms with van der Waals surface area (Å²) in [4.78, 5) is 43.3. The molecule has 0 radical (unpaired) electrons. The number of rotatable bonds is 2. The number of nitrogens with two attached hydrogens (primary N) is 1. The van der Waals surface area contributed by atoms with Gasteiger partial charge in [-0.3, -0.25) is 19.2 Å². The maximum absolute atomic E-state index is 11.0. The van der Waals surface area contributed by atoms with Crippen molar-refractivity contribution in [3.8, 4) is 0 Å². The summed E-state index contributed by atoms with van der Waals surface area (Å²) in [7, 11) is 0. The van der Waals surface area contributed by atoms with E-state index in [1.54, 1.807) is 4.90 Å². The summed E-state index contributed by atoms with van der Waals surface area (Å²) in [5.74, 6) is -0.774. The second kappa shape index (κ2) is 24.6. The number of aliphatic hydroxyl groups is 2. The normalized spacial score (nSPS) is 18.0. The van der Waals surface area contributed by atoms with E-state index in [0.29, 0.717) is 44.6 Å². The summed E-state index contributed by atoms with van der Waals surface area (Å²) in [5.41, 5.74) is 0. The number of nitrogens with zero attached hydrogens (tertiary/aromatic N) is 1. The van der Waals surface area contributed by atoms with Gasteiger partial charge in [0.1, 0.15) is 11.6 Å². The predicted molar refractivity (Wildman–Crippen MR) is 134 cm³/mol. The fraction of sp³-hybridized carbons (Fsp3) is 0.636. The SMILES string of the molecule is C=CC(=O)Cl.C=CC(=O)N1CCC(=O)CC1.ClCCl.O=C1CCNCC1.OC1(O)CC[NH2+]CC1.[Cl-]. The van der Waals surface area contributed by atoms with Crippen LogP contribution < -0.4 is 23.0 Å². The summed E-state index contributed by atoms with van der Waals surface area (Å²) in [6.07, 6.45) is 5.82. The highest BCUT2D eigenvalue weighted by atomic mass is 35.5. The number of hydrogen-bond donors (Lipinski definition) is 4. The number of carbonyl (C=O) groups is 4. The molecule has 0 aromatic rings. The first kappa shape index (κ1) is 38.5. The van der Waals surface area contributed by atoms with Crippen molar-refractivity contribution in [2.45, 2.75) is 44.3 Å². The van der Waals surface area contributed by atoms with Crippen molar-refractivity contribution in [3.63, 3.8) is 0 Å². The van der Waals surface area contributed by atoms with Gasteiger partial charge in [0.25, 0.3) is 0 Å². The van der Waals surface area contributed by atoms with Crippen LogP contribution in [0.2, 0.25) is 0 Å². The van der Waals surface area contributed by atoms with Gasteiger partial charge in [-0.05, 0) is 23.8 Å². The number of likely N-dealkylation sites (tertiary alicyclic amines) is 1. The van der Waals surface area contributed by atoms with Crippen LogP contribution in [0, 0.1) is 0 Å². The molecule has 0 saturated carbocycles. The average Bonchev–Trinajstić information content (AvgIpc) is 2.81. The van der Waals surface area contributed by atoms with Gasteiger partial charge in [-0.2, -0.15) is 0 Å². The van der Waals surface area contributed by atoms with Crippen LogP contribution in [0.3, 0.4) is 0 Å². The lowest BCUT2D eigenvalue weighted by Crippen LogP contribution is -3.00. The number of amides is 1. The maximum Gasteiger partial charge on any atom is 0.245 e. The van der Waals surface area contributed by atoms with Gasteiger partial charge in [-0.1, -0.05) is 13.2 Å². The standard InChI is InChI=1S/C8H11NO2.C5H11NO2.C5H9NO.C3H3ClO.CH2Cl2.ClH/c1-2-8(11)9-5-3-7(10)4-6-9;7-5(8)1-3-6-4-2-5;7-5-1-3-6-4-2-5;1-2-3(4)5;2-1-3;/h2H,1,3-6H2;6-8H,1-4H2;6H,1-4H2;2H,1H2;1H2;1H. The number of hydrogen-bond acceptors (Lipinski definition) is 7. The molecule has 9 nitrogen and oxygen atoms in total. The maximum atomic E-state index is 11.0. The largest absolute Gasteiger partial charge is 1.00 e. The van der Waals surface area contributed by atoms with Crippen LogP contribution in [-0.2, 0) is 19.2 Å². The number of ketones is 2. The van der Waals surface area contributed by atoms with Crippen molar-refractivity contribution in [2.24, 2.45) is 0 Å². The fourth-order valence-electron chi connectivity index (χ4n) is 2.75. The van der Waals surface area contributed by atoms with Gasteiger partial charge in [0, 0.05) is 51.9 Å². The molecule has 13 heteroatoms. The van der Waals surface area contributed by atoms with E-state index in [1.165, 1.54) is 6.08 Å². The number of Topliss-reactive ketones (excluding diaryl/α,β-unsaturated/α-hetero) is 2. The van der Waals surface area contributed by atoms with E-state index < -0.39 is 11.0 Å². The molecule has 3 rings (SSSR count). The van der Waals surface area contributed by atoms with Gasteiger partial charge in [0.05, 0.1) is 31.3 Å². The lowest BCUT2D eigenvalue weighted by atomic mass is 10.1. The van der Waals surface area contributed by atoms with Crippen molar-refractivity contribution < 1.29 is 47.1 Å². The molecule has 0 aromatic carbocycles. The van der Waals surface area contributed by atoms with Crippen LogP contribution >= 0.6 is 34.8 Å². The van der Waals surface area contributed by atoms with Gasteiger partial charge in [0.15, 0.2) is 5.79 Å². The highest BCUT2D eigenvalue weighted by Crippen LogP contribution is 2.09. The van der Waals surface area contributed by atoms with Crippen molar-refractivity contribution in [2.75, 3.05) is 44.6 Å². The number of halogens is 4. The van der Waals surface area contributed by atoms with E-state index in [4.69, 9.17) is 45.0 Å². The molecule has 0 aliphatic carbocycles. The first-order valence-corrected chi connectivity index (χ1v) is 12.3. The molecule has 0 bridgehead atoms. The molecule has 35 heavy (non-hydrogen) atoms. The molecule has 0 spiro atoms. The minimum absolute atomic E-state index is 0. The Bertz CT molecular complexity index is 625. The number of alkyl halides is 2. The molecule has 0 unspecified atom stereocenters. The summed E-state index contributed by atoms with van der Waals surface area (Å²) in [6, 6.07) is 0. The first-order chi connectivity index (χ1) is 16.0. The Morgan fingerprint density at radius 2 is 1.37 bits per heavy atom. The number of piperidine rings is 3. The molecule has 204 valence electrons. The van der Waals surface area contributed by atoms with Crippen molar-refractivity contribution in [1.82, 2.24) is 10.2 Å². The zero-order valence-electron chi connectivity index (χ0n) is 19.8. The van der Waals surface area contributed by atoms with E-state index in [0.717, 1.165) is 45.1 Å². The second-order valence-electron chi connectivity index (χ2n) is 7.31. The third kappa shape index (κ3) is 25.8. The number of quaternary nitrogens is 1. The Kier molecular flexibility index (Phi) is 27.1. The molecule has 3 saturated heterocycles. The quantitative estimate of drug-likeness (QED) is 0.124. The third-order valence-corrected chi connectivity index (χ3v) is 4.78. The molecule has 0 aromatic heterocycles. The van der Waals surface area contributed by atoms with Gasteiger partial charge >= 0.3 is 0 Å². The lowest BCUT2D eigenvalue weighted by molar-refractivity contribution is -0.672. The van der Waals surface area contributed by atoms with Crippen LogP contribution in [0.15, 0.2) is 25.3 Å². The Hall–Kier alpha value is -1.04. The van der Waals surface area contributed by atoms with Crippen molar-refractivity contribution in [3.05, 3.63) is 25.3 Å². The monoisotopic (exact) mass is 579 g/mol. The van der Waals surface area contributed by atoms with Crippen LogP contribution in [0.25, 0.3) is 0 Å². The van der Waals surface area contributed by atoms with E-state index >= 15 is 0 Å². The van der Waals surface area contributed by atoms with Crippen molar-refractivity contribution in [1.29, 1.82) is 0 Å². The highest BCUT2D eigenvalue weighted by Gasteiger charge is 2.27. The first-order valence-electron chi connectivity index (χ1n) is 10.9. The summed E-state index contributed by atoms with van der Waals surface area (Å²) >= 11 is 14.2. The summed E-state index contributed by atoms with van der Waals surface area (Å²) in [6.45, 7) is 11.0.